The highest BCUT2D eigenvalue weighted by atomic mass is 35.5. The average molecular weight is 211 g/mol. The van der Waals surface area contributed by atoms with Crippen molar-refractivity contribution in [2.24, 2.45) is 0 Å². The topological polar surface area (TPSA) is 87.0 Å². The Kier molecular flexibility index (Phi) is 2.94. The maximum absolute atomic E-state index is 11.0. The second-order valence-electron chi connectivity index (χ2n) is 3.01. The third-order valence-electron chi connectivity index (χ3n) is 2.04. The first-order valence-electron chi connectivity index (χ1n) is 3.77. The first kappa shape index (κ1) is 10.9. The number of carbonyl (C=O) groups is 1. The molecule has 0 aromatic heterocycles. The van der Waals surface area contributed by atoms with Crippen molar-refractivity contribution in [2.45, 2.75) is 30.3 Å². The van der Waals surface area contributed by atoms with Gasteiger partial charge in [-0.05, 0) is 6.92 Å². The van der Waals surface area contributed by atoms with Crippen LogP contribution in [0.15, 0.2) is 0 Å². The molecule has 1 aliphatic heterocycles. The van der Waals surface area contributed by atoms with Crippen LogP contribution in [0.2, 0.25) is 0 Å². The largest absolute Gasteiger partial charge is 0.388 e. The third kappa shape index (κ3) is 1.70. The summed E-state index contributed by atoms with van der Waals surface area (Å²) in [6.07, 6.45) is -4.30. The van der Waals surface area contributed by atoms with Crippen molar-refractivity contribution in [1.29, 1.82) is 0 Å². The first-order chi connectivity index (χ1) is 5.89. The molecule has 5 nitrogen and oxygen atoms in total. The van der Waals surface area contributed by atoms with Gasteiger partial charge in [0.1, 0.15) is 18.3 Å². The van der Waals surface area contributed by atoms with Crippen LogP contribution in [-0.2, 0) is 9.53 Å². The zero-order chi connectivity index (χ0) is 10.2. The molecule has 4 atom stereocenters. The fraction of sp³-hybridized carbons (Fsp3) is 0.857. The van der Waals surface area contributed by atoms with Crippen molar-refractivity contribution in [1.82, 2.24) is 0 Å². The predicted octanol–water partition coefficient (Wildman–Crippen LogP) is -1.38. The van der Waals surface area contributed by atoms with Crippen LogP contribution >= 0.6 is 11.6 Å². The van der Waals surface area contributed by atoms with E-state index in [1.54, 1.807) is 0 Å². The summed E-state index contributed by atoms with van der Waals surface area (Å²) in [5.41, 5.74) is 0. The van der Waals surface area contributed by atoms with Gasteiger partial charge in [0.25, 0.3) is 0 Å². The van der Waals surface area contributed by atoms with Gasteiger partial charge >= 0.3 is 0 Å². The van der Waals surface area contributed by atoms with E-state index in [4.69, 9.17) is 21.4 Å². The number of aliphatic hydroxyl groups excluding tert-OH is 3. The quantitative estimate of drug-likeness (QED) is 0.465. The van der Waals surface area contributed by atoms with Crippen LogP contribution in [0.25, 0.3) is 0 Å². The lowest BCUT2D eigenvalue weighted by atomic mass is 9.97. The summed E-state index contributed by atoms with van der Waals surface area (Å²) >= 11 is 5.63. The Morgan fingerprint density at radius 1 is 1.54 bits per heavy atom. The zero-order valence-electron chi connectivity index (χ0n) is 6.98. The molecule has 76 valence electrons. The van der Waals surface area contributed by atoms with Gasteiger partial charge in [-0.2, -0.15) is 0 Å². The molecule has 1 fully saturated rings. The van der Waals surface area contributed by atoms with Gasteiger partial charge < -0.3 is 20.1 Å². The molecule has 0 unspecified atom stereocenters. The summed E-state index contributed by atoms with van der Waals surface area (Å²) in [4.78, 5) is 11.0. The molecule has 0 aromatic carbocycles. The lowest BCUT2D eigenvalue weighted by molar-refractivity contribution is -0.203. The smallest absolute Gasteiger partial charge is 0.228 e. The number of hydrogen-bond donors (Lipinski definition) is 3. The van der Waals surface area contributed by atoms with E-state index in [9.17, 15) is 15.0 Å². The minimum Gasteiger partial charge on any atom is -0.388 e. The second-order valence-corrected chi connectivity index (χ2v) is 3.58. The Balaban J connectivity index is 2.85. The molecule has 6 heteroatoms. The number of hydrogen-bond acceptors (Lipinski definition) is 5. The molecule has 1 aliphatic rings. The van der Waals surface area contributed by atoms with Crippen molar-refractivity contribution in [3.63, 3.8) is 0 Å². The highest BCUT2D eigenvalue weighted by Gasteiger charge is 2.51. The zero-order valence-corrected chi connectivity index (χ0v) is 7.73. The molecule has 3 N–H and O–H groups in total. The number of aliphatic hydroxyl groups is 3. The molecule has 0 spiro atoms. The molecule has 0 bridgehead atoms. The summed E-state index contributed by atoms with van der Waals surface area (Å²) in [6, 6.07) is 0. The molecule has 13 heavy (non-hydrogen) atoms. The lowest BCUT2D eigenvalue weighted by Crippen LogP contribution is -2.60. The first-order valence-corrected chi connectivity index (χ1v) is 4.15. The van der Waals surface area contributed by atoms with E-state index in [0.717, 1.165) is 6.92 Å². The summed E-state index contributed by atoms with van der Waals surface area (Å²) in [5, 5.41) is 25.7. The molecule has 0 aromatic rings. The van der Waals surface area contributed by atoms with Gasteiger partial charge in [0.2, 0.25) is 5.06 Å². The van der Waals surface area contributed by atoms with Gasteiger partial charge in [-0.1, -0.05) is 11.6 Å². The fourth-order valence-corrected chi connectivity index (χ4v) is 1.32. The predicted molar refractivity (Wildman–Crippen MR) is 43.2 cm³/mol. The van der Waals surface area contributed by atoms with Gasteiger partial charge in [0, 0.05) is 0 Å². The number of ether oxygens (including phenoxy) is 1. The minimum atomic E-state index is -1.93. The molecule has 1 heterocycles. The van der Waals surface area contributed by atoms with Crippen LogP contribution in [0.4, 0.5) is 0 Å². The van der Waals surface area contributed by atoms with Crippen molar-refractivity contribution in [3.05, 3.63) is 0 Å². The van der Waals surface area contributed by atoms with E-state index in [2.05, 4.69) is 0 Å². The van der Waals surface area contributed by atoms with E-state index >= 15 is 0 Å². The average Bonchev–Trinajstić information content (AvgIpc) is 2.08. The molecular weight excluding hydrogens is 200 g/mol. The third-order valence-corrected chi connectivity index (χ3v) is 2.64. The molecule has 0 amide bonds. The normalized spacial score (nSPS) is 46.1. The van der Waals surface area contributed by atoms with Crippen LogP contribution in [-0.4, -0.2) is 51.1 Å². The summed E-state index contributed by atoms with van der Waals surface area (Å²) in [5.74, 6) is -0.604. The van der Waals surface area contributed by atoms with Crippen LogP contribution in [0.5, 0.6) is 0 Å². The maximum Gasteiger partial charge on any atom is 0.228 e. The Labute approximate surface area is 79.9 Å². The molecule has 1 saturated heterocycles. The second kappa shape index (κ2) is 3.51. The number of ketones is 1. The van der Waals surface area contributed by atoms with Crippen LogP contribution in [0.1, 0.15) is 6.92 Å². The molecule has 0 saturated carbocycles. The number of carbonyl (C=O) groups excluding carboxylic acids is 1. The van der Waals surface area contributed by atoms with E-state index in [-0.39, 0.29) is 6.61 Å². The Morgan fingerprint density at radius 2 is 2.08 bits per heavy atom. The molecule has 0 radical (unpaired) electrons. The monoisotopic (exact) mass is 210 g/mol. The highest BCUT2D eigenvalue weighted by Crippen LogP contribution is 2.30. The fourth-order valence-electron chi connectivity index (χ4n) is 1.13. The molecule has 1 rings (SSSR count). The standard InChI is InChI=1S/C7H11ClO5/c1-3(9)7(8)6(12)5(11)4(10)2-13-7/h4-6,10-12H,2H2,1H3/t4-,5-,6+,7-/m0/s1. The SMILES string of the molecule is CC(=O)[C@]1(Cl)OC[C@H](O)[C@H](O)[C@H]1O. The highest BCUT2D eigenvalue weighted by molar-refractivity contribution is 6.34. The Hall–Kier alpha value is -0.200. The van der Waals surface area contributed by atoms with Crippen LogP contribution in [0, 0.1) is 0 Å². The van der Waals surface area contributed by atoms with Gasteiger partial charge in [-0.15, -0.1) is 0 Å². The van der Waals surface area contributed by atoms with Crippen molar-refractivity contribution < 1.29 is 24.9 Å². The van der Waals surface area contributed by atoms with E-state index in [0.29, 0.717) is 0 Å². The van der Waals surface area contributed by atoms with Crippen molar-refractivity contribution in [2.75, 3.05) is 6.61 Å². The van der Waals surface area contributed by atoms with Gasteiger partial charge in [-0.25, -0.2) is 0 Å². The van der Waals surface area contributed by atoms with Gasteiger partial charge in [0.15, 0.2) is 5.78 Å². The summed E-state index contributed by atoms with van der Waals surface area (Å²) < 4.78 is 4.78. The minimum absolute atomic E-state index is 0.276. The lowest BCUT2D eigenvalue weighted by Gasteiger charge is -2.39. The van der Waals surface area contributed by atoms with E-state index in [1.165, 1.54) is 0 Å². The Morgan fingerprint density at radius 3 is 2.54 bits per heavy atom. The summed E-state index contributed by atoms with van der Waals surface area (Å²) in [6.45, 7) is 0.863. The molecule has 0 aliphatic carbocycles. The number of halogens is 1. The van der Waals surface area contributed by atoms with E-state index < -0.39 is 29.2 Å². The summed E-state index contributed by atoms with van der Waals surface area (Å²) in [7, 11) is 0. The van der Waals surface area contributed by atoms with E-state index in [1.807, 2.05) is 0 Å². The van der Waals surface area contributed by atoms with Crippen molar-refractivity contribution >= 4 is 17.4 Å². The van der Waals surface area contributed by atoms with Crippen molar-refractivity contribution in [3.8, 4) is 0 Å². The Bertz CT molecular complexity index is 221. The number of alkyl halides is 1. The number of rotatable bonds is 1. The van der Waals surface area contributed by atoms with Gasteiger partial charge in [0.05, 0.1) is 6.61 Å². The van der Waals surface area contributed by atoms with Crippen LogP contribution in [0.3, 0.4) is 0 Å². The maximum atomic E-state index is 11.0. The molecular formula is C7H11ClO5. The van der Waals surface area contributed by atoms with Crippen LogP contribution < -0.4 is 0 Å². The number of Topliss-reactive ketones (excluding diaryl/α,β-unsaturated/α-hetero) is 1. The van der Waals surface area contributed by atoms with Gasteiger partial charge in [-0.3, -0.25) is 4.79 Å².